The molecule has 3 aliphatic rings. The minimum atomic E-state index is -0.833. The lowest BCUT2D eigenvalue weighted by atomic mass is 10.0. The topological polar surface area (TPSA) is 125 Å². The van der Waals surface area contributed by atoms with Gasteiger partial charge in [0.2, 0.25) is 5.91 Å². The van der Waals surface area contributed by atoms with E-state index in [9.17, 15) is 4.79 Å². The van der Waals surface area contributed by atoms with Crippen LogP contribution in [-0.4, -0.2) is 78.9 Å². The molecule has 1 aromatic rings. The van der Waals surface area contributed by atoms with E-state index in [2.05, 4.69) is 21.4 Å². The highest BCUT2D eigenvalue weighted by atomic mass is 16.5. The summed E-state index contributed by atoms with van der Waals surface area (Å²) in [5, 5.41) is 14.8. The summed E-state index contributed by atoms with van der Waals surface area (Å²) in [6, 6.07) is 0.187. The fourth-order valence-corrected chi connectivity index (χ4v) is 4.18. The van der Waals surface area contributed by atoms with E-state index in [0.717, 1.165) is 65.3 Å². The molecule has 0 bridgehead atoms. The van der Waals surface area contributed by atoms with Crippen molar-refractivity contribution in [2.75, 3.05) is 19.7 Å². The van der Waals surface area contributed by atoms with Gasteiger partial charge in [-0.15, -0.1) is 0 Å². The number of carbonyl (C=O) groups excluding carboxylic acids is 1. The van der Waals surface area contributed by atoms with Crippen LogP contribution in [0.3, 0.4) is 0 Å². The minimum absolute atomic E-state index is 0.187. The van der Waals surface area contributed by atoms with Crippen molar-refractivity contribution in [1.29, 1.82) is 0 Å². The number of imidazole rings is 1. The first-order chi connectivity index (χ1) is 13.7. The molecule has 29 heavy (non-hydrogen) atoms. The van der Waals surface area contributed by atoms with Gasteiger partial charge in [-0.05, 0) is 13.3 Å². The minimum Gasteiger partial charge on any atom is -0.481 e. The van der Waals surface area contributed by atoms with E-state index in [1.165, 1.54) is 0 Å². The summed E-state index contributed by atoms with van der Waals surface area (Å²) in [4.78, 5) is 39.1. The van der Waals surface area contributed by atoms with Gasteiger partial charge in [0, 0.05) is 58.7 Å². The van der Waals surface area contributed by atoms with Crippen LogP contribution in [0.25, 0.3) is 0 Å². The number of likely N-dealkylation sites (tertiary alicyclic amines) is 1. The second-order valence-corrected chi connectivity index (χ2v) is 7.20. The molecular formula is C19H30N4O6. The van der Waals surface area contributed by atoms with Gasteiger partial charge in [-0.2, -0.15) is 0 Å². The van der Waals surface area contributed by atoms with Gasteiger partial charge in [0.1, 0.15) is 5.82 Å². The molecule has 2 N–H and O–H groups in total. The number of aliphatic carboxylic acids is 2. The SMILES string of the molecule is CC(=O)O.CC(=O)O.CCn1ccnc1CN1CC[C@@]23OCCCN2C(=O)C[C@@H]13. The molecule has 1 spiro atoms. The summed E-state index contributed by atoms with van der Waals surface area (Å²) in [5.41, 5.74) is -0.348. The quantitative estimate of drug-likeness (QED) is 0.756. The summed E-state index contributed by atoms with van der Waals surface area (Å²) in [5.74, 6) is -0.334. The molecule has 2 atom stereocenters. The normalized spacial score (nSPS) is 25.3. The van der Waals surface area contributed by atoms with Gasteiger partial charge >= 0.3 is 0 Å². The predicted molar refractivity (Wildman–Crippen MR) is 103 cm³/mol. The van der Waals surface area contributed by atoms with Crippen LogP contribution >= 0.6 is 0 Å². The lowest BCUT2D eigenvalue weighted by molar-refractivity contribution is -0.180. The number of rotatable bonds is 3. The maximum absolute atomic E-state index is 12.3. The van der Waals surface area contributed by atoms with Crippen LogP contribution in [0.4, 0.5) is 0 Å². The lowest BCUT2D eigenvalue weighted by Crippen LogP contribution is -2.56. The number of aryl methyl sites for hydroxylation is 1. The van der Waals surface area contributed by atoms with Gasteiger partial charge in [0.15, 0.2) is 5.72 Å². The second-order valence-electron chi connectivity index (χ2n) is 7.20. The van der Waals surface area contributed by atoms with Gasteiger partial charge in [-0.25, -0.2) is 4.98 Å². The summed E-state index contributed by atoms with van der Waals surface area (Å²) in [6.45, 7) is 8.63. The Hall–Kier alpha value is -2.46. The molecule has 0 aliphatic carbocycles. The van der Waals surface area contributed by atoms with E-state index in [-0.39, 0.29) is 17.7 Å². The first kappa shape index (κ1) is 22.8. The number of aromatic nitrogens is 2. The lowest BCUT2D eigenvalue weighted by Gasteiger charge is -2.42. The number of nitrogens with zero attached hydrogens (tertiary/aromatic N) is 4. The zero-order valence-corrected chi connectivity index (χ0v) is 17.2. The van der Waals surface area contributed by atoms with E-state index < -0.39 is 11.9 Å². The standard InChI is InChI=1S/C15H22N4O2.2C2H4O2/c1-2-17-8-5-16-13(17)11-18-7-4-15-12(18)10-14(20)19(15)6-3-9-21-15;2*1-2(3)4/h5,8,12H,2-4,6-7,9-11H2,1H3;2*1H3,(H,3,4)/t12-,15+;;/m1../s1. The van der Waals surface area contributed by atoms with Crippen molar-refractivity contribution >= 4 is 17.8 Å². The van der Waals surface area contributed by atoms with E-state index in [1.54, 1.807) is 0 Å². The van der Waals surface area contributed by atoms with Crippen molar-refractivity contribution in [3.05, 3.63) is 18.2 Å². The van der Waals surface area contributed by atoms with Gasteiger partial charge in [-0.1, -0.05) is 0 Å². The molecule has 10 nitrogen and oxygen atoms in total. The van der Waals surface area contributed by atoms with Gasteiger partial charge < -0.3 is 24.4 Å². The molecule has 162 valence electrons. The summed E-state index contributed by atoms with van der Waals surface area (Å²) in [7, 11) is 0. The highest BCUT2D eigenvalue weighted by Crippen LogP contribution is 2.45. The fourth-order valence-electron chi connectivity index (χ4n) is 4.18. The summed E-state index contributed by atoms with van der Waals surface area (Å²) >= 11 is 0. The molecule has 1 aromatic heterocycles. The Labute approximate surface area is 170 Å². The van der Waals surface area contributed by atoms with Crippen molar-refractivity contribution < 1.29 is 29.3 Å². The Bertz CT molecular complexity index is 716. The Morgan fingerprint density at radius 2 is 1.93 bits per heavy atom. The van der Waals surface area contributed by atoms with Crippen molar-refractivity contribution in [2.24, 2.45) is 0 Å². The predicted octanol–water partition coefficient (Wildman–Crippen LogP) is 1.01. The van der Waals surface area contributed by atoms with Crippen molar-refractivity contribution in [2.45, 2.75) is 64.9 Å². The molecule has 4 heterocycles. The van der Waals surface area contributed by atoms with Crippen molar-refractivity contribution in [1.82, 2.24) is 19.4 Å². The zero-order valence-electron chi connectivity index (χ0n) is 17.2. The van der Waals surface area contributed by atoms with Gasteiger partial charge in [0.25, 0.3) is 11.9 Å². The Morgan fingerprint density at radius 3 is 2.55 bits per heavy atom. The van der Waals surface area contributed by atoms with Gasteiger partial charge in [0.05, 0.1) is 19.2 Å². The van der Waals surface area contributed by atoms with Crippen LogP contribution in [0.15, 0.2) is 12.4 Å². The number of hydrogen-bond acceptors (Lipinski definition) is 6. The van der Waals surface area contributed by atoms with Crippen molar-refractivity contribution in [3.63, 3.8) is 0 Å². The third-order valence-electron chi connectivity index (χ3n) is 5.21. The van der Waals surface area contributed by atoms with Crippen LogP contribution in [0.5, 0.6) is 0 Å². The van der Waals surface area contributed by atoms with Crippen LogP contribution in [0.2, 0.25) is 0 Å². The fraction of sp³-hybridized carbons (Fsp3) is 0.684. The van der Waals surface area contributed by atoms with Crippen molar-refractivity contribution in [3.8, 4) is 0 Å². The number of ether oxygens (including phenoxy) is 1. The van der Waals surface area contributed by atoms with Gasteiger partial charge in [-0.3, -0.25) is 19.3 Å². The monoisotopic (exact) mass is 410 g/mol. The number of carbonyl (C=O) groups is 3. The smallest absolute Gasteiger partial charge is 0.300 e. The van der Waals surface area contributed by atoms with E-state index in [4.69, 9.17) is 24.5 Å². The Balaban J connectivity index is 0.000000324. The van der Waals surface area contributed by atoms with Crippen LogP contribution in [0, 0.1) is 0 Å². The maximum Gasteiger partial charge on any atom is 0.300 e. The van der Waals surface area contributed by atoms with Crippen LogP contribution < -0.4 is 0 Å². The van der Waals surface area contributed by atoms with Crippen LogP contribution in [-0.2, 0) is 32.2 Å². The maximum atomic E-state index is 12.3. The third-order valence-corrected chi connectivity index (χ3v) is 5.21. The molecule has 0 aromatic carbocycles. The molecule has 3 aliphatic heterocycles. The molecule has 4 rings (SSSR count). The number of carboxylic acid groups (broad SMARTS) is 2. The van der Waals surface area contributed by atoms with E-state index in [0.29, 0.717) is 6.42 Å². The number of carboxylic acids is 2. The molecule has 0 radical (unpaired) electrons. The Morgan fingerprint density at radius 1 is 1.28 bits per heavy atom. The van der Waals surface area contributed by atoms with E-state index in [1.807, 2.05) is 17.3 Å². The number of hydrogen-bond donors (Lipinski definition) is 2. The highest BCUT2D eigenvalue weighted by molar-refractivity contribution is 5.81. The molecule has 1 amide bonds. The zero-order chi connectivity index (χ0) is 21.6. The number of amides is 1. The summed E-state index contributed by atoms with van der Waals surface area (Å²) < 4.78 is 8.29. The molecule has 0 saturated carbocycles. The third kappa shape index (κ3) is 5.33. The first-order valence-electron chi connectivity index (χ1n) is 9.78. The molecular weight excluding hydrogens is 380 g/mol. The highest BCUT2D eigenvalue weighted by Gasteiger charge is 2.60. The molecule has 3 saturated heterocycles. The first-order valence-corrected chi connectivity index (χ1v) is 9.78. The average Bonchev–Trinajstić information content (AvgIpc) is 3.28. The summed E-state index contributed by atoms with van der Waals surface area (Å²) in [6.07, 6.45) is 6.35. The molecule has 10 heteroatoms. The molecule has 3 fully saturated rings. The van der Waals surface area contributed by atoms with Crippen LogP contribution in [0.1, 0.15) is 45.9 Å². The largest absolute Gasteiger partial charge is 0.481 e. The molecule has 0 unspecified atom stereocenters. The second kappa shape index (κ2) is 9.84. The van der Waals surface area contributed by atoms with E-state index >= 15 is 0 Å². The Kier molecular flexibility index (Phi) is 7.74. The average molecular weight is 410 g/mol.